The monoisotopic (exact) mass is 662 g/mol. The summed E-state index contributed by atoms with van der Waals surface area (Å²) in [6.07, 6.45) is 10.7. The number of phenols is 1. The lowest BCUT2D eigenvalue weighted by Crippen LogP contribution is -2.61. The Morgan fingerprint density at radius 2 is 1.96 bits per heavy atom. The molecule has 3 aliphatic rings. The first-order valence-corrected chi connectivity index (χ1v) is 16.1. The topological polar surface area (TPSA) is 154 Å². The van der Waals surface area contributed by atoms with Gasteiger partial charge in [-0.05, 0) is 61.6 Å². The summed E-state index contributed by atoms with van der Waals surface area (Å²) in [5, 5.41) is 25.2. The molecule has 0 spiro atoms. The highest BCUT2D eigenvalue weighted by Crippen LogP contribution is 2.37. The molecule has 14 heteroatoms. The molecule has 0 unspecified atom stereocenters. The SMILES string of the molecule is CCc1cc(O)ccc1N=C(N)c1cnn2cc(-c3cnccc3N3CCC(N4CC(F)(F)C4)CC3)cc2c1N[C@@H]1CCOC1.O=CO. The normalized spacial score (nSPS) is 19.9. The quantitative estimate of drug-likeness (QED) is 0.120. The van der Waals surface area contributed by atoms with Crippen LogP contribution in [0.15, 0.2) is 60.1 Å². The number of nitrogens with zero attached hydrogens (tertiary/aromatic N) is 6. The van der Waals surface area contributed by atoms with E-state index in [1.54, 1.807) is 30.6 Å². The van der Waals surface area contributed by atoms with E-state index in [2.05, 4.69) is 21.3 Å². The van der Waals surface area contributed by atoms with Gasteiger partial charge in [0, 0.05) is 61.1 Å². The van der Waals surface area contributed by atoms with Crippen molar-refractivity contribution in [3.8, 4) is 16.9 Å². The van der Waals surface area contributed by atoms with E-state index in [0.29, 0.717) is 36.7 Å². The average molecular weight is 663 g/mol. The zero-order chi connectivity index (χ0) is 33.8. The highest BCUT2D eigenvalue weighted by Gasteiger charge is 2.47. The fourth-order valence-corrected chi connectivity index (χ4v) is 6.72. The van der Waals surface area contributed by atoms with Crippen molar-refractivity contribution in [2.45, 2.75) is 50.6 Å². The number of nitrogens with two attached hydrogens (primary N) is 1. The Labute approximate surface area is 276 Å². The van der Waals surface area contributed by atoms with Crippen LogP contribution < -0.4 is 16.0 Å². The molecular formula is C34H40F2N8O4. The van der Waals surface area contributed by atoms with Gasteiger partial charge >= 0.3 is 0 Å². The Bertz CT molecular complexity index is 1780. The zero-order valence-corrected chi connectivity index (χ0v) is 26.7. The van der Waals surface area contributed by atoms with Gasteiger partial charge in [-0.1, -0.05) is 6.92 Å². The minimum Gasteiger partial charge on any atom is -0.508 e. The number of carboxylic acid groups (broad SMARTS) is 1. The number of likely N-dealkylation sites (tertiary alicyclic amines) is 1. The minimum atomic E-state index is -2.54. The second kappa shape index (κ2) is 14.1. The maximum atomic E-state index is 13.5. The number of aryl methyl sites for hydroxylation is 1. The van der Waals surface area contributed by atoms with E-state index in [1.807, 2.05) is 34.8 Å². The largest absolute Gasteiger partial charge is 0.508 e. The Hall–Kier alpha value is -4.82. The van der Waals surface area contributed by atoms with Crippen LogP contribution in [0.1, 0.15) is 37.3 Å². The van der Waals surface area contributed by atoms with E-state index >= 15 is 0 Å². The summed E-state index contributed by atoms with van der Waals surface area (Å²) in [4.78, 5) is 21.8. The summed E-state index contributed by atoms with van der Waals surface area (Å²) in [6.45, 7) is 4.36. The van der Waals surface area contributed by atoms with Crippen LogP contribution in [0.5, 0.6) is 5.75 Å². The number of pyridine rings is 1. The van der Waals surface area contributed by atoms with Crippen molar-refractivity contribution in [3.63, 3.8) is 0 Å². The van der Waals surface area contributed by atoms with Crippen LogP contribution in [0.4, 0.5) is 25.8 Å². The summed E-state index contributed by atoms with van der Waals surface area (Å²) in [5.41, 5.74) is 13.6. The summed E-state index contributed by atoms with van der Waals surface area (Å²) >= 11 is 0. The van der Waals surface area contributed by atoms with Gasteiger partial charge in [0.05, 0.1) is 54.4 Å². The summed E-state index contributed by atoms with van der Waals surface area (Å²) in [7, 11) is 0. The number of piperidine rings is 1. The maximum absolute atomic E-state index is 13.5. The molecule has 0 radical (unpaired) electrons. The lowest BCUT2D eigenvalue weighted by atomic mass is 9.97. The van der Waals surface area contributed by atoms with Crippen LogP contribution in [-0.4, -0.2) is 99.4 Å². The molecule has 0 amide bonds. The first-order chi connectivity index (χ1) is 23.2. The number of rotatable bonds is 8. The summed E-state index contributed by atoms with van der Waals surface area (Å²) < 4.78 is 34.4. The van der Waals surface area contributed by atoms with Crippen molar-refractivity contribution in [2.75, 3.05) is 49.6 Å². The van der Waals surface area contributed by atoms with Gasteiger partial charge in [-0.15, -0.1) is 0 Å². The Morgan fingerprint density at radius 1 is 1.19 bits per heavy atom. The van der Waals surface area contributed by atoms with E-state index < -0.39 is 5.92 Å². The number of aliphatic imine (C=N–C) groups is 1. The third kappa shape index (κ3) is 7.04. The van der Waals surface area contributed by atoms with Crippen LogP contribution in [0.25, 0.3) is 16.6 Å². The zero-order valence-electron chi connectivity index (χ0n) is 26.7. The van der Waals surface area contributed by atoms with Crippen molar-refractivity contribution in [1.29, 1.82) is 0 Å². The van der Waals surface area contributed by atoms with Gasteiger partial charge in [0.2, 0.25) is 0 Å². The number of carbonyl (C=O) groups is 1. The fraction of sp³-hybridized carbons (Fsp3) is 0.412. The van der Waals surface area contributed by atoms with Crippen molar-refractivity contribution >= 4 is 34.9 Å². The van der Waals surface area contributed by atoms with Crippen LogP contribution in [0.3, 0.4) is 0 Å². The first kappa shape index (κ1) is 33.1. The molecule has 1 atom stereocenters. The van der Waals surface area contributed by atoms with E-state index in [9.17, 15) is 13.9 Å². The molecule has 254 valence electrons. The number of amidine groups is 1. The molecule has 3 saturated heterocycles. The lowest BCUT2D eigenvalue weighted by molar-refractivity contribution is -0.148. The Morgan fingerprint density at radius 3 is 2.65 bits per heavy atom. The van der Waals surface area contributed by atoms with E-state index in [4.69, 9.17) is 30.5 Å². The van der Waals surface area contributed by atoms with Crippen molar-refractivity contribution in [2.24, 2.45) is 10.7 Å². The predicted octanol–water partition coefficient (Wildman–Crippen LogP) is 4.52. The predicted molar refractivity (Wildman–Crippen MR) is 180 cm³/mol. The number of fused-ring (bicyclic) bond motifs is 1. The molecule has 1 aromatic carbocycles. The number of aromatic nitrogens is 3. The van der Waals surface area contributed by atoms with Crippen molar-refractivity contribution in [3.05, 3.63) is 66.2 Å². The number of hydrogen-bond donors (Lipinski definition) is 4. The molecule has 0 aliphatic carbocycles. The molecule has 4 aromatic rings. The average Bonchev–Trinajstić information content (AvgIpc) is 3.75. The van der Waals surface area contributed by atoms with Crippen LogP contribution in [0, 0.1) is 0 Å². The molecule has 3 fully saturated rings. The van der Waals surface area contributed by atoms with Crippen molar-refractivity contribution < 1.29 is 28.5 Å². The van der Waals surface area contributed by atoms with Crippen molar-refractivity contribution in [1.82, 2.24) is 19.5 Å². The standard InChI is InChI=1S/C33H38F2N8O2.CH2O2/c1-2-21-13-25(44)3-4-28(21)40-32(36)27-16-38-43-17-22(14-30(43)31(27)39-23-8-12-45-18-23)26-15-37-9-5-29(26)41-10-6-24(7-11-41)42-19-33(34,35)20-42;2-1-3/h3-5,9,13-17,23-24,39,44H,2,6-8,10-12,18-20H2,1H3,(H2,36,40);1H,(H,2,3)/t23-;/m1./s1. The van der Waals surface area contributed by atoms with Gasteiger partial charge in [-0.3, -0.25) is 14.7 Å². The number of aromatic hydroxyl groups is 1. The molecule has 3 aliphatic heterocycles. The molecule has 5 N–H and O–H groups in total. The molecule has 12 nitrogen and oxygen atoms in total. The molecular weight excluding hydrogens is 622 g/mol. The number of phenolic OH excluding ortho intramolecular Hbond substituents is 1. The van der Waals surface area contributed by atoms with Crippen LogP contribution in [-0.2, 0) is 16.0 Å². The van der Waals surface area contributed by atoms with Crippen LogP contribution in [0.2, 0.25) is 0 Å². The van der Waals surface area contributed by atoms with E-state index in [-0.39, 0.29) is 37.4 Å². The van der Waals surface area contributed by atoms with Gasteiger partial charge in [-0.2, -0.15) is 5.10 Å². The van der Waals surface area contributed by atoms with Crippen LogP contribution >= 0.6 is 0 Å². The number of anilines is 2. The number of ether oxygens (including phenoxy) is 1. The van der Waals surface area contributed by atoms with E-state index in [1.165, 1.54) is 0 Å². The third-order valence-corrected chi connectivity index (χ3v) is 9.18. The third-order valence-electron chi connectivity index (χ3n) is 9.18. The van der Waals surface area contributed by atoms with Gasteiger partial charge in [-0.25, -0.2) is 18.3 Å². The maximum Gasteiger partial charge on any atom is 0.290 e. The minimum absolute atomic E-state index is 0.114. The highest BCUT2D eigenvalue weighted by molar-refractivity contribution is 6.06. The summed E-state index contributed by atoms with van der Waals surface area (Å²) in [6, 6.07) is 9.51. The second-order valence-electron chi connectivity index (χ2n) is 12.3. The van der Waals surface area contributed by atoms with E-state index in [0.717, 1.165) is 65.9 Å². The number of alkyl halides is 2. The number of benzene rings is 1. The number of hydrogen-bond acceptors (Lipinski definition) is 9. The fourth-order valence-electron chi connectivity index (χ4n) is 6.72. The summed E-state index contributed by atoms with van der Waals surface area (Å²) in [5.74, 6) is -2.03. The molecule has 7 rings (SSSR count). The van der Waals surface area contributed by atoms with Gasteiger partial charge < -0.3 is 30.9 Å². The highest BCUT2D eigenvalue weighted by atomic mass is 19.3. The Balaban J connectivity index is 0.00000129. The molecule has 3 aromatic heterocycles. The molecule has 48 heavy (non-hydrogen) atoms. The van der Waals surface area contributed by atoms with Gasteiger partial charge in [0.15, 0.2) is 0 Å². The molecule has 6 heterocycles. The van der Waals surface area contributed by atoms with Gasteiger partial charge in [0.1, 0.15) is 11.6 Å². The van der Waals surface area contributed by atoms with Gasteiger partial charge in [0.25, 0.3) is 12.4 Å². The molecule has 0 saturated carbocycles. The first-order valence-electron chi connectivity index (χ1n) is 16.1. The smallest absolute Gasteiger partial charge is 0.290 e. The Kier molecular flexibility index (Phi) is 9.73. The number of halogens is 2. The lowest BCUT2D eigenvalue weighted by Gasteiger charge is -2.47. The molecule has 0 bridgehead atoms. The second-order valence-corrected chi connectivity index (χ2v) is 12.3. The number of nitrogens with one attached hydrogen (secondary N) is 1.